The van der Waals surface area contributed by atoms with Crippen LogP contribution in [0.4, 0.5) is 0 Å². The van der Waals surface area contributed by atoms with Crippen LogP contribution in [0.1, 0.15) is 24.2 Å². The fourth-order valence-corrected chi connectivity index (χ4v) is 2.42. The minimum atomic E-state index is -0.984. The highest BCUT2D eigenvalue weighted by Crippen LogP contribution is 2.11. The van der Waals surface area contributed by atoms with Crippen LogP contribution < -0.4 is 0 Å². The van der Waals surface area contributed by atoms with Gasteiger partial charge in [0.05, 0.1) is 10.8 Å². The van der Waals surface area contributed by atoms with E-state index in [0.717, 1.165) is 11.2 Å². The Hall–Kier alpha value is -0.960. The van der Waals surface area contributed by atoms with Gasteiger partial charge in [-0.3, -0.25) is 9.00 Å². The average molecular weight is 210 g/mol. The van der Waals surface area contributed by atoms with Gasteiger partial charge in [0.1, 0.15) is 6.29 Å². The Morgan fingerprint density at radius 1 is 1.43 bits per heavy atom. The Morgan fingerprint density at radius 2 is 2.14 bits per heavy atom. The average Bonchev–Trinajstić information content (AvgIpc) is 2.17. The molecule has 0 radical (unpaired) electrons. The van der Waals surface area contributed by atoms with Crippen molar-refractivity contribution in [2.45, 2.75) is 18.7 Å². The summed E-state index contributed by atoms with van der Waals surface area (Å²) >= 11 is 0. The highest BCUT2D eigenvalue weighted by atomic mass is 32.2. The fourth-order valence-electron chi connectivity index (χ4n) is 1.13. The molecule has 3 heteroatoms. The number of benzene rings is 1. The van der Waals surface area contributed by atoms with Crippen LogP contribution in [0.5, 0.6) is 0 Å². The maximum Gasteiger partial charge on any atom is 0.150 e. The van der Waals surface area contributed by atoms with E-state index >= 15 is 0 Å². The number of hydrogen-bond acceptors (Lipinski definition) is 2. The minimum absolute atomic E-state index is 0.399. The van der Waals surface area contributed by atoms with Crippen molar-refractivity contribution < 1.29 is 9.00 Å². The third-order valence-electron chi connectivity index (χ3n) is 1.74. The number of hydrogen-bond donors (Lipinski definition) is 0. The Morgan fingerprint density at radius 3 is 2.71 bits per heavy atom. The molecule has 0 amide bonds. The molecule has 2 nitrogen and oxygen atoms in total. The van der Waals surface area contributed by atoms with Gasteiger partial charge in [-0.1, -0.05) is 26.0 Å². The van der Waals surface area contributed by atoms with E-state index in [-0.39, 0.29) is 0 Å². The molecule has 1 rings (SSSR count). The highest BCUT2D eigenvalue weighted by Gasteiger charge is 2.06. The standard InChI is InChI=1S/C11H14O2S/c1-9(2)8-14(13)11-5-3-4-10(6-11)7-12/h3-7,9H,8H2,1-2H3/t14-/m0/s1. The van der Waals surface area contributed by atoms with E-state index in [9.17, 15) is 9.00 Å². The largest absolute Gasteiger partial charge is 0.298 e. The van der Waals surface area contributed by atoms with E-state index in [1.165, 1.54) is 0 Å². The van der Waals surface area contributed by atoms with Crippen LogP contribution in [-0.2, 0) is 10.8 Å². The molecule has 1 aromatic rings. The molecular weight excluding hydrogens is 196 g/mol. The lowest BCUT2D eigenvalue weighted by Crippen LogP contribution is -2.04. The minimum Gasteiger partial charge on any atom is -0.298 e. The van der Waals surface area contributed by atoms with Crippen molar-refractivity contribution in [3.63, 3.8) is 0 Å². The van der Waals surface area contributed by atoms with Gasteiger partial charge in [0.25, 0.3) is 0 Å². The van der Waals surface area contributed by atoms with Gasteiger partial charge in [0.15, 0.2) is 0 Å². The molecular formula is C11H14O2S. The number of aldehydes is 1. The third kappa shape index (κ3) is 3.07. The van der Waals surface area contributed by atoms with Crippen molar-refractivity contribution in [2.24, 2.45) is 5.92 Å². The van der Waals surface area contributed by atoms with E-state index in [1.54, 1.807) is 24.3 Å². The molecule has 0 aliphatic rings. The van der Waals surface area contributed by atoms with Gasteiger partial charge in [-0.25, -0.2) is 0 Å². The van der Waals surface area contributed by atoms with E-state index in [4.69, 9.17) is 0 Å². The maximum absolute atomic E-state index is 11.7. The van der Waals surface area contributed by atoms with Crippen molar-refractivity contribution in [3.8, 4) is 0 Å². The van der Waals surface area contributed by atoms with Crippen LogP contribution in [0.15, 0.2) is 29.2 Å². The van der Waals surface area contributed by atoms with E-state index in [2.05, 4.69) is 0 Å². The summed E-state index contributed by atoms with van der Waals surface area (Å²) in [6.07, 6.45) is 0.774. The molecule has 0 bridgehead atoms. The zero-order valence-electron chi connectivity index (χ0n) is 8.40. The zero-order chi connectivity index (χ0) is 10.6. The molecule has 0 saturated carbocycles. The van der Waals surface area contributed by atoms with Crippen molar-refractivity contribution in [2.75, 3.05) is 5.75 Å². The first-order chi connectivity index (χ1) is 6.63. The van der Waals surface area contributed by atoms with E-state index in [0.29, 0.717) is 17.2 Å². The Kier molecular flexibility index (Phi) is 4.01. The summed E-state index contributed by atoms with van der Waals surface area (Å²) in [5.41, 5.74) is 0.583. The normalized spacial score (nSPS) is 12.8. The predicted octanol–water partition coefficient (Wildman–Crippen LogP) is 2.26. The first-order valence-electron chi connectivity index (χ1n) is 4.57. The van der Waals surface area contributed by atoms with Crippen LogP contribution in [0.25, 0.3) is 0 Å². The monoisotopic (exact) mass is 210 g/mol. The van der Waals surface area contributed by atoms with Gasteiger partial charge in [-0.2, -0.15) is 0 Å². The molecule has 14 heavy (non-hydrogen) atoms. The van der Waals surface area contributed by atoms with Gasteiger partial charge in [-0.15, -0.1) is 0 Å². The van der Waals surface area contributed by atoms with Crippen molar-refractivity contribution in [3.05, 3.63) is 29.8 Å². The lowest BCUT2D eigenvalue weighted by Gasteiger charge is -2.05. The second-order valence-electron chi connectivity index (χ2n) is 3.60. The van der Waals surface area contributed by atoms with E-state index in [1.807, 2.05) is 13.8 Å². The van der Waals surface area contributed by atoms with Crippen LogP contribution in [0.3, 0.4) is 0 Å². The Balaban J connectivity index is 2.84. The molecule has 0 spiro atoms. The molecule has 1 aromatic carbocycles. The first-order valence-corrected chi connectivity index (χ1v) is 5.89. The lowest BCUT2D eigenvalue weighted by atomic mass is 10.2. The third-order valence-corrected chi connectivity index (χ3v) is 3.49. The molecule has 0 aromatic heterocycles. The first kappa shape index (κ1) is 11.1. The highest BCUT2D eigenvalue weighted by molar-refractivity contribution is 7.85. The summed E-state index contributed by atoms with van der Waals surface area (Å²) < 4.78 is 11.7. The van der Waals surface area contributed by atoms with Gasteiger partial charge >= 0.3 is 0 Å². The maximum atomic E-state index is 11.7. The molecule has 0 fully saturated rings. The van der Waals surface area contributed by atoms with Crippen molar-refractivity contribution in [1.29, 1.82) is 0 Å². The van der Waals surface area contributed by atoms with Crippen molar-refractivity contribution in [1.82, 2.24) is 0 Å². The molecule has 0 aliphatic heterocycles. The molecule has 0 unspecified atom stereocenters. The van der Waals surface area contributed by atoms with Crippen LogP contribution in [0.2, 0.25) is 0 Å². The fraction of sp³-hybridized carbons (Fsp3) is 0.364. The number of carbonyl (C=O) groups excluding carboxylic acids is 1. The predicted molar refractivity (Wildman–Crippen MR) is 57.9 cm³/mol. The number of carbonyl (C=O) groups is 1. The Labute approximate surface area is 86.8 Å². The Bertz CT molecular complexity index is 345. The molecule has 76 valence electrons. The van der Waals surface area contributed by atoms with Gasteiger partial charge in [-0.05, 0) is 18.1 Å². The summed E-state index contributed by atoms with van der Waals surface area (Å²) in [6, 6.07) is 6.96. The SMILES string of the molecule is CC(C)C[S@](=O)c1cccc(C=O)c1. The summed E-state index contributed by atoms with van der Waals surface area (Å²) in [4.78, 5) is 11.2. The molecule has 0 saturated heterocycles. The lowest BCUT2D eigenvalue weighted by molar-refractivity contribution is 0.112. The molecule has 0 N–H and O–H groups in total. The van der Waals surface area contributed by atoms with E-state index < -0.39 is 10.8 Å². The van der Waals surface area contributed by atoms with Crippen LogP contribution in [0, 0.1) is 5.92 Å². The second-order valence-corrected chi connectivity index (χ2v) is 5.09. The van der Waals surface area contributed by atoms with Crippen molar-refractivity contribution >= 4 is 17.1 Å². The number of rotatable bonds is 4. The summed E-state index contributed by atoms with van der Waals surface area (Å²) in [5, 5.41) is 0. The van der Waals surface area contributed by atoms with Gasteiger partial charge in [0, 0.05) is 16.2 Å². The smallest absolute Gasteiger partial charge is 0.150 e. The zero-order valence-corrected chi connectivity index (χ0v) is 9.21. The topological polar surface area (TPSA) is 34.1 Å². The quantitative estimate of drug-likeness (QED) is 0.714. The second kappa shape index (κ2) is 5.05. The molecule has 0 aliphatic carbocycles. The summed E-state index contributed by atoms with van der Waals surface area (Å²) in [7, 11) is -0.984. The summed E-state index contributed by atoms with van der Waals surface area (Å²) in [6.45, 7) is 4.06. The van der Waals surface area contributed by atoms with Crippen LogP contribution >= 0.6 is 0 Å². The molecule has 1 atom stereocenters. The van der Waals surface area contributed by atoms with Gasteiger partial charge < -0.3 is 0 Å². The van der Waals surface area contributed by atoms with Gasteiger partial charge in [0.2, 0.25) is 0 Å². The molecule has 0 heterocycles. The van der Waals surface area contributed by atoms with Crippen LogP contribution in [-0.4, -0.2) is 16.2 Å². The summed E-state index contributed by atoms with van der Waals surface area (Å²) in [5.74, 6) is 1.04.